The molecule has 0 bridgehead atoms. The van der Waals surface area contributed by atoms with Gasteiger partial charge in [0, 0.05) is 52.0 Å². The lowest BCUT2D eigenvalue weighted by atomic mass is 9.99. The molecule has 2 fully saturated rings. The highest BCUT2D eigenvalue weighted by atomic mass is 19.1. The fourth-order valence-electron chi connectivity index (χ4n) is 4.71. The lowest BCUT2D eigenvalue weighted by Gasteiger charge is -2.30. The third-order valence-corrected chi connectivity index (χ3v) is 6.42. The quantitative estimate of drug-likeness (QED) is 0.535. The molecule has 4 rings (SSSR count). The van der Waals surface area contributed by atoms with Crippen molar-refractivity contribution in [2.45, 2.75) is 45.3 Å². The predicted molar refractivity (Wildman–Crippen MR) is 128 cm³/mol. The van der Waals surface area contributed by atoms with E-state index < -0.39 is 0 Å². The Morgan fingerprint density at radius 1 is 1.12 bits per heavy atom. The van der Waals surface area contributed by atoms with E-state index >= 15 is 0 Å². The molecule has 2 aromatic rings. The molecule has 0 radical (unpaired) electrons. The van der Waals surface area contributed by atoms with E-state index in [4.69, 9.17) is 0 Å². The van der Waals surface area contributed by atoms with Crippen molar-refractivity contribution < 1.29 is 4.39 Å². The van der Waals surface area contributed by atoms with Crippen LogP contribution in [0.2, 0.25) is 0 Å². The molecule has 2 aliphatic heterocycles. The number of aromatic nitrogens is 1. The van der Waals surface area contributed by atoms with Crippen LogP contribution in [0.15, 0.2) is 47.6 Å². The van der Waals surface area contributed by atoms with Gasteiger partial charge in [0.25, 0.3) is 0 Å². The number of nitrogens with zero attached hydrogens (tertiary/aromatic N) is 4. The average Bonchev–Trinajstić information content (AvgIpc) is 3.26. The largest absolute Gasteiger partial charge is 0.352 e. The fourth-order valence-corrected chi connectivity index (χ4v) is 4.71. The van der Waals surface area contributed by atoms with Gasteiger partial charge >= 0.3 is 0 Å². The predicted octanol–water partition coefficient (Wildman–Crippen LogP) is 3.40. The number of anilines is 1. The average molecular weight is 439 g/mol. The van der Waals surface area contributed by atoms with E-state index in [9.17, 15) is 4.39 Å². The number of benzene rings is 1. The topological polar surface area (TPSA) is 55.8 Å². The van der Waals surface area contributed by atoms with Crippen molar-refractivity contribution in [3.8, 4) is 0 Å². The Bertz CT molecular complexity index is 900. The summed E-state index contributed by atoms with van der Waals surface area (Å²) in [5.41, 5.74) is 2.60. The zero-order chi connectivity index (χ0) is 22.3. The maximum Gasteiger partial charge on any atom is 0.191 e. The molecule has 7 heteroatoms. The summed E-state index contributed by atoms with van der Waals surface area (Å²) in [6, 6.07) is 12.2. The zero-order valence-corrected chi connectivity index (χ0v) is 19.2. The monoisotopic (exact) mass is 438 g/mol. The Morgan fingerprint density at radius 3 is 2.69 bits per heavy atom. The second-order valence-corrected chi connectivity index (χ2v) is 9.11. The Morgan fingerprint density at radius 2 is 1.94 bits per heavy atom. The van der Waals surface area contributed by atoms with Crippen LogP contribution in [0, 0.1) is 11.7 Å². The normalized spacial score (nSPS) is 22.2. The molecule has 2 aliphatic rings. The van der Waals surface area contributed by atoms with E-state index in [0.717, 1.165) is 31.4 Å². The van der Waals surface area contributed by atoms with Gasteiger partial charge in [-0.05, 0) is 55.0 Å². The lowest BCUT2D eigenvalue weighted by molar-refractivity contribution is 0.176. The van der Waals surface area contributed by atoms with Gasteiger partial charge in [-0.3, -0.25) is 9.89 Å². The number of nitrogens with one attached hydrogen (secondary N) is 2. The van der Waals surface area contributed by atoms with Crippen molar-refractivity contribution >= 4 is 11.8 Å². The van der Waals surface area contributed by atoms with E-state index in [0.29, 0.717) is 18.9 Å². The highest BCUT2D eigenvalue weighted by molar-refractivity contribution is 5.80. The Kier molecular flexibility index (Phi) is 7.58. The van der Waals surface area contributed by atoms with Crippen LogP contribution in [0.1, 0.15) is 37.3 Å². The van der Waals surface area contributed by atoms with Gasteiger partial charge < -0.3 is 15.5 Å². The second-order valence-electron chi connectivity index (χ2n) is 9.11. The maximum atomic E-state index is 14.0. The Balaban J connectivity index is 1.24. The summed E-state index contributed by atoms with van der Waals surface area (Å²) < 4.78 is 14.0. The molecule has 0 amide bonds. The van der Waals surface area contributed by atoms with Crippen LogP contribution in [0.25, 0.3) is 0 Å². The van der Waals surface area contributed by atoms with E-state index in [2.05, 4.69) is 56.7 Å². The SMILES string of the molecule is CN=C(NCc1ccc(CN2CCCC(C)C2)cc1)NC1CCN(c2ncccc2F)C1. The first kappa shape index (κ1) is 22.5. The van der Waals surface area contributed by atoms with Gasteiger partial charge in [0.2, 0.25) is 0 Å². The number of guanidine groups is 1. The number of likely N-dealkylation sites (tertiary alicyclic amines) is 1. The van der Waals surface area contributed by atoms with Crippen molar-refractivity contribution in [2.75, 3.05) is 38.1 Å². The minimum absolute atomic E-state index is 0.205. The molecular weight excluding hydrogens is 403 g/mol. The third-order valence-electron chi connectivity index (χ3n) is 6.42. The number of rotatable bonds is 6. The second kappa shape index (κ2) is 10.8. The first-order chi connectivity index (χ1) is 15.6. The van der Waals surface area contributed by atoms with Crippen LogP contribution in [0.4, 0.5) is 10.2 Å². The number of hydrogen-bond acceptors (Lipinski definition) is 4. The highest BCUT2D eigenvalue weighted by Gasteiger charge is 2.26. The fraction of sp³-hybridized carbons (Fsp3) is 0.520. The van der Waals surface area contributed by atoms with Gasteiger partial charge in [0.15, 0.2) is 17.6 Å². The first-order valence-corrected chi connectivity index (χ1v) is 11.7. The highest BCUT2D eigenvalue weighted by Crippen LogP contribution is 2.21. The molecule has 3 heterocycles. The number of aliphatic imine (C=N–C) groups is 1. The summed E-state index contributed by atoms with van der Waals surface area (Å²) in [4.78, 5) is 13.1. The van der Waals surface area contributed by atoms with Gasteiger partial charge in [-0.1, -0.05) is 31.2 Å². The van der Waals surface area contributed by atoms with Crippen molar-refractivity contribution in [3.05, 3.63) is 59.5 Å². The summed E-state index contributed by atoms with van der Waals surface area (Å²) in [6.45, 7) is 8.00. The lowest BCUT2D eigenvalue weighted by Crippen LogP contribution is -2.44. The molecule has 0 spiro atoms. The maximum absolute atomic E-state index is 14.0. The van der Waals surface area contributed by atoms with Crippen molar-refractivity contribution in [2.24, 2.45) is 10.9 Å². The number of pyridine rings is 1. The molecule has 172 valence electrons. The summed E-state index contributed by atoms with van der Waals surface area (Å²) in [5, 5.41) is 6.87. The minimum atomic E-state index is -0.270. The van der Waals surface area contributed by atoms with Crippen LogP contribution in [-0.2, 0) is 13.1 Å². The van der Waals surface area contributed by atoms with E-state index in [1.54, 1.807) is 19.3 Å². The summed E-state index contributed by atoms with van der Waals surface area (Å²) >= 11 is 0. The number of hydrogen-bond donors (Lipinski definition) is 2. The molecule has 0 aliphatic carbocycles. The molecule has 2 unspecified atom stereocenters. The van der Waals surface area contributed by atoms with Gasteiger partial charge in [0.05, 0.1) is 0 Å². The van der Waals surface area contributed by atoms with Crippen LogP contribution in [0.3, 0.4) is 0 Å². The summed E-state index contributed by atoms with van der Waals surface area (Å²) in [5.74, 6) is 1.74. The van der Waals surface area contributed by atoms with Gasteiger partial charge in [-0.2, -0.15) is 0 Å². The molecule has 2 N–H and O–H groups in total. The minimum Gasteiger partial charge on any atom is -0.352 e. The van der Waals surface area contributed by atoms with Crippen LogP contribution in [-0.4, -0.2) is 55.1 Å². The molecule has 2 saturated heterocycles. The van der Waals surface area contributed by atoms with Gasteiger partial charge in [0.1, 0.15) is 0 Å². The van der Waals surface area contributed by atoms with Gasteiger partial charge in [-0.15, -0.1) is 0 Å². The van der Waals surface area contributed by atoms with E-state index in [1.807, 2.05) is 4.90 Å². The molecule has 0 saturated carbocycles. The standard InChI is InChI=1S/C25H35FN6/c1-19-5-4-13-31(16-19)17-21-9-7-20(8-10-21)15-29-25(27-2)30-22-11-14-32(18-22)24-23(26)6-3-12-28-24/h3,6-10,12,19,22H,4-5,11,13-18H2,1-2H3,(H2,27,29,30). The van der Waals surface area contributed by atoms with Crippen molar-refractivity contribution in [3.63, 3.8) is 0 Å². The van der Waals surface area contributed by atoms with Gasteiger partial charge in [-0.25, -0.2) is 9.37 Å². The van der Waals surface area contributed by atoms with Crippen LogP contribution < -0.4 is 15.5 Å². The van der Waals surface area contributed by atoms with Crippen LogP contribution in [0.5, 0.6) is 0 Å². The third kappa shape index (κ3) is 5.97. The summed E-state index contributed by atoms with van der Waals surface area (Å²) in [6.07, 6.45) is 5.22. The smallest absolute Gasteiger partial charge is 0.191 e. The Hall–Kier alpha value is -2.67. The van der Waals surface area contributed by atoms with E-state index in [1.165, 1.54) is 43.1 Å². The number of halogens is 1. The molecule has 32 heavy (non-hydrogen) atoms. The van der Waals surface area contributed by atoms with E-state index in [-0.39, 0.29) is 11.9 Å². The zero-order valence-electron chi connectivity index (χ0n) is 19.2. The number of piperidine rings is 1. The first-order valence-electron chi connectivity index (χ1n) is 11.7. The summed E-state index contributed by atoms with van der Waals surface area (Å²) in [7, 11) is 1.78. The molecule has 6 nitrogen and oxygen atoms in total. The molecule has 1 aromatic carbocycles. The Labute approximate surface area is 190 Å². The molecular formula is C25H35FN6. The van der Waals surface area contributed by atoms with Crippen molar-refractivity contribution in [1.82, 2.24) is 20.5 Å². The molecule has 2 atom stereocenters. The molecule has 1 aromatic heterocycles. The van der Waals surface area contributed by atoms with Crippen molar-refractivity contribution in [1.29, 1.82) is 0 Å². The van der Waals surface area contributed by atoms with Crippen LogP contribution >= 0.6 is 0 Å².